The second-order valence-electron chi connectivity index (χ2n) is 6.65. The average molecular weight is 337 g/mol. The number of likely N-dealkylation sites (N-methyl/N-ethyl adjacent to an activating group) is 1. The zero-order valence-electron chi connectivity index (χ0n) is 14.7. The fourth-order valence-electron chi connectivity index (χ4n) is 3.08. The Labute approximate surface area is 148 Å². The van der Waals surface area contributed by atoms with E-state index in [9.17, 15) is 9.59 Å². The summed E-state index contributed by atoms with van der Waals surface area (Å²) in [5.41, 5.74) is 5.28. The van der Waals surface area contributed by atoms with Gasteiger partial charge in [-0.2, -0.15) is 0 Å². The predicted octanol–water partition coefficient (Wildman–Crippen LogP) is 3.30. The van der Waals surface area contributed by atoms with Gasteiger partial charge in [-0.1, -0.05) is 35.9 Å². The molecule has 3 rings (SSSR count). The smallest absolute Gasteiger partial charge is 0.338 e. The Kier molecular flexibility index (Phi) is 5.17. The molecule has 0 spiro atoms. The maximum Gasteiger partial charge on any atom is 0.338 e. The Balaban J connectivity index is 1.52. The number of carbonyl (C=O) groups is 2. The SMILES string of the molecule is Cc1ccc(CN(C)C(=O)COC(=O)c2ccc3c(c2)CCC3)cc1. The number of hydrogen-bond acceptors (Lipinski definition) is 3. The van der Waals surface area contributed by atoms with Crippen LogP contribution in [0.1, 0.15) is 39.0 Å². The first-order chi connectivity index (χ1) is 12.0. The molecule has 1 amide bonds. The highest BCUT2D eigenvalue weighted by atomic mass is 16.5. The minimum atomic E-state index is -0.438. The van der Waals surface area contributed by atoms with Gasteiger partial charge in [0.25, 0.3) is 5.91 Å². The van der Waals surface area contributed by atoms with Crippen LogP contribution in [-0.2, 0) is 28.9 Å². The van der Waals surface area contributed by atoms with E-state index in [1.807, 2.05) is 43.3 Å². The van der Waals surface area contributed by atoms with E-state index in [-0.39, 0.29) is 12.5 Å². The molecule has 0 heterocycles. The Morgan fingerprint density at radius 3 is 2.52 bits per heavy atom. The van der Waals surface area contributed by atoms with Gasteiger partial charge in [-0.25, -0.2) is 4.79 Å². The number of nitrogens with zero attached hydrogens (tertiary/aromatic N) is 1. The number of rotatable bonds is 5. The van der Waals surface area contributed by atoms with Gasteiger partial charge < -0.3 is 9.64 Å². The van der Waals surface area contributed by atoms with Crippen molar-refractivity contribution in [2.24, 2.45) is 0 Å². The second-order valence-corrected chi connectivity index (χ2v) is 6.65. The Bertz CT molecular complexity index is 780. The summed E-state index contributed by atoms with van der Waals surface area (Å²) in [6, 6.07) is 13.7. The van der Waals surface area contributed by atoms with E-state index in [4.69, 9.17) is 4.74 Å². The van der Waals surface area contributed by atoms with Crippen molar-refractivity contribution in [1.82, 2.24) is 4.90 Å². The van der Waals surface area contributed by atoms with E-state index in [1.165, 1.54) is 16.7 Å². The lowest BCUT2D eigenvalue weighted by Crippen LogP contribution is -2.30. The van der Waals surface area contributed by atoms with Gasteiger partial charge in [0.1, 0.15) is 0 Å². The van der Waals surface area contributed by atoms with Crippen LogP contribution in [0.15, 0.2) is 42.5 Å². The molecule has 0 aromatic heterocycles. The molecule has 0 aliphatic heterocycles. The molecule has 4 nitrogen and oxygen atoms in total. The molecule has 0 unspecified atom stereocenters. The standard InChI is InChI=1S/C21H23NO3/c1-15-6-8-16(9-7-15)13-22(2)20(23)14-25-21(24)19-11-10-17-4-3-5-18(17)12-19/h6-12H,3-5,13-14H2,1-2H3. The van der Waals surface area contributed by atoms with Crippen LogP contribution in [0.2, 0.25) is 0 Å². The largest absolute Gasteiger partial charge is 0.452 e. The number of esters is 1. The second kappa shape index (κ2) is 7.51. The fourth-order valence-corrected chi connectivity index (χ4v) is 3.08. The molecule has 2 aromatic rings. The molecule has 0 fully saturated rings. The minimum Gasteiger partial charge on any atom is -0.452 e. The quantitative estimate of drug-likeness (QED) is 0.787. The highest BCUT2D eigenvalue weighted by Gasteiger charge is 2.17. The summed E-state index contributed by atoms with van der Waals surface area (Å²) >= 11 is 0. The molecule has 2 aromatic carbocycles. The molecular formula is C21H23NO3. The van der Waals surface area contributed by atoms with Gasteiger partial charge in [-0.05, 0) is 55.0 Å². The fraction of sp³-hybridized carbons (Fsp3) is 0.333. The molecule has 0 radical (unpaired) electrons. The highest BCUT2D eigenvalue weighted by molar-refractivity contribution is 5.91. The van der Waals surface area contributed by atoms with Gasteiger partial charge in [0, 0.05) is 13.6 Å². The summed E-state index contributed by atoms with van der Waals surface area (Å²) in [6.45, 7) is 2.28. The maximum atomic E-state index is 12.2. The van der Waals surface area contributed by atoms with Gasteiger partial charge in [-0.15, -0.1) is 0 Å². The van der Waals surface area contributed by atoms with Crippen molar-refractivity contribution in [2.45, 2.75) is 32.7 Å². The number of fused-ring (bicyclic) bond motifs is 1. The number of hydrogen-bond donors (Lipinski definition) is 0. The lowest BCUT2D eigenvalue weighted by molar-refractivity contribution is -0.133. The van der Waals surface area contributed by atoms with E-state index < -0.39 is 5.97 Å². The number of amides is 1. The number of benzene rings is 2. The van der Waals surface area contributed by atoms with Crippen LogP contribution in [0.25, 0.3) is 0 Å². The number of ether oxygens (including phenoxy) is 1. The summed E-state index contributed by atoms with van der Waals surface area (Å²) < 4.78 is 5.20. The maximum absolute atomic E-state index is 12.2. The zero-order chi connectivity index (χ0) is 17.8. The highest BCUT2D eigenvalue weighted by Crippen LogP contribution is 2.23. The third-order valence-corrected chi connectivity index (χ3v) is 4.63. The van der Waals surface area contributed by atoms with Crippen molar-refractivity contribution in [3.8, 4) is 0 Å². The number of aryl methyl sites for hydroxylation is 3. The van der Waals surface area contributed by atoms with Gasteiger partial charge >= 0.3 is 5.97 Å². The van der Waals surface area contributed by atoms with Crippen LogP contribution < -0.4 is 0 Å². The molecular weight excluding hydrogens is 314 g/mol. The van der Waals surface area contributed by atoms with Crippen LogP contribution in [0.5, 0.6) is 0 Å². The average Bonchev–Trinajstić information content (AvgIpc) is 3.08. The molecule has 0 saturated carbocycles. The first kappa shape index (κ1) is 17.2. The first-order valence-electron chi connectivity index (χ1n) is 8.61. The monoisotopic (exact) mass is 337 g/mol. The zero-order valence-corrected chi connectivity index (χ0v) is 14.7. The van der Waals surface area contributed by atoms with Crippen LogP contribution in [0.3, 0.4) is 0 Å². The van der Waals surface area contributed by atoms with Gasteiger partial charge in [0.2, 0.25) is 0 Å². The van der Waals surface area contributed by atoms with E-state index in [2.05, 4.69) is 0 Å². The summed E-state index contributed by atoms with van der Waals surface area (Å²) in [6.07, 6.45) is 3.22. The molecule has 0 N–H and O–H groups in total. The van der Waals surface area contributed by atoms with Crippen LogP contribution in [-0.4, -0.2) is 30.4 Å². The molecule has 25 heavy (non-hydrogen) atoms. The minimum absolute atomic E-state index is 0.213. The van der Waals surface area contributed by atoms with Crippen molar-refractivity contribution >= 4 is 11.9 Å². The van der Waals surface area contributed by atoms with Gasteiger partial charge in [0.05, 0.1) is 5.56 Å². The predicted molar refractivity (Wildman–Crippen MR) is 96.4 cm³/mol. The molecule has 0 atom stereocenters. The third-order valence-electron chi connectivity index (χ3n) is 4.63. The summed E-state index contributed by atoms with van der Waals surface area (Å²) in [7, 11) is 1.71. The van der Waals surface area contributed by atoms with Crippen molar-refractivity contribution in [3.05, 3.63) is 70.3 Å². The summed E-state index contributed by atoms with van der Waals surface area (Å²) in [4.78, 5) is 25.9. The summed E-state index contributed by atoms with van der Waals surface area (Å²) in [5, 5.41) is 0. The normalized spacial score (nSPS) is 12.6. The van der Waals surface area contributed by atoms with E-state index in [0.717, 1.165) is 24.8 Å². The summed E-state index contributed by atoms with van der Waals surface area (Å²) in [5.74, 6) is -0.651. The molecule has 130 valence electrons. The lowest BCUT2D eigenvalue weighted by Gasteiger charge is -2.17. The van der Waals surface area contributed by atoms with E-state index in [0.29, 0.717) is 12.1 Å². The van der Waals surface area contributed by atoms with E-state index in [1.54, 1.807) is 18.0 Å². The first-order valence-corrected chi connectivity index (χ1v) is 8.61. The Hall–Kier alpha value is -2.62. The third kappa shape index (κ3) is 4.27. The molecule has 1 aliphatic carbocycles. The van der Waals surface area contributed by atoms with E-state index >= 15 is 0 Å². The lowest BCUT2D eigenvalue weighted by atomic mass is 10.1. The Morgan fingerprint density at radius 1 is 1.04 bits per heavy atom. The van der Waals surface area contributed by atoms with Crippen molar-refractivity contribution in [3.63, 3.8) is 0 Å². The molecule has 0 saturated heterocycles. The van der Waals surface area contributed by atoms with Crippen molar-refractivity contribution in [2.75, 3.05) is 13.7 Å². The van der Waals surface area contributed by atoms with Crippen molar-refractivity contribution in [1.29, 1.82) is 0 Å². The molecule has 4 heteroatoms. The topological polar surface area (TPSA) is 46.6 Å². The Morgan fingerprint density at radius 2 is 1.76 bits per heavy atom. The molecule has 0 bridgehead atoms. The van der Waals surface area contributed by atoms with Gasteiger partial charge in [-0.3, -0.25) is 4.79 Å². The van der Waals surface area contributed by atoms with Gasteiger partial charge in [0.15, 0.2) is 6.61 Å². The van der Waals surface area contributed by atoms with Crippen LogP contribution >= 0.6 is 0 Å². The number of carbonyl (C=O) groups excluding carboxylic acids is 2. The molecule has 1 aliphatic rings. The van der Waals surface area contributed by atoms with Crippen molar-refractivity contribution < 1.29 is 14.3 Å². The van der Waals surface area contributed by atoms with Crippen LogP contribution in [0.4, 0.5) is 0 Å². The van der Waals surface area contributed by atoms with Crippen LogP contribution in [0, 0.1) is 6.92 Å².